The van der Waals surface area contributed by atoms with Gasteiger partial charge in [0.2, 0.25) is 0 Å². The molecule has 0 fully saturated rings. The molecule has 0 aliphatic rings. The summed E-state index contributed by atoms with van der Waals surface area (Å²) in [4.78, 5) is 14.1. The lowest BCUT2D eigenvalue weighted by Gasteiger charge is -2.18. The maximum Gasteiger partial charge on any atom is 0.303 e. The molecule has 0 bridgehead atoms. The summed E-state index contributed by atoms with van der Waals surface area (Å²) >= 11 is 6.01. The van der Waals surface area contributed by atoms with E-state index in [1.165, 1.54) is 0 Å². The van der Waals surface area contributed by atoms with Crippen molar-refractivity contribution < 1.29 is 9.90 Å². The first-order valence-electron chi connectivity index (χ1n) is 5.97. The summed E-state index contributed by atoms with van der Waals surface area (Å²) in [6.45, 7) is 4.08. The van der Waals surface area contributed by atoms with Crippen LogP contribution in [0.25, 0.3) is 10.9 Å². The summed E-state index contributed by atoms with van der Waals surface area (Å²) in [6.07, 6.45) is 2.03. The maximum absolute atomic E-state index is 11.0. The third-order valence-electron chi connectivity index (χ3n) is 3.27. The molecule has 1 aromatic carbocycles. The molecular formula is C14H16ClNO2. The molecular weight excluding hydrogens is 250 g/mol. The van der Waals surface area contributed by atoms with Crippen molar-refractivity contribution in [1.82, 2.24) is 4.98 Å². The van der Waals surface area contributed by atoms with Crippen molar-refractivity contribution in [2.24, 2.45) is 5.92 Å². The summed E-state index contributed by atoms with van der Waals surface area (Å²) in [7, 11) is 0. The molecule has 4 heteroatoms. The van der Waals surface area contributed by atoms with E-state index in [0.717, 1.165) is 16.5 Å². The Balaban J connectivity index is 2.50. The van der Waals surface area contributed by atoms with Crippen LogP contribution in [0.5, 0.6) is 0 Å². The van der Waals surface area contributed by atoms with Gasteiger partial charge >= 0.3 is 5.97 Å². The fourth-order valence-corrected chi connectivity index (χ4v) is 2.49. The normalized spacial score (nSPS) is 13.1. The maximum atomic E-state index is 11.0. The summed E-state index contributed by atoms with van der Waals surface area (Å²) in [6, 6.07) is 5.63. The highest BCUT2D eigenvalue weighted by atomic mass is 35.5. The van der Waals surface area contributed by atoms with Crippen molar-refractivity contribution in [3.05, 3.63) is 35.0 Å². The Kier molecular flexibility index (Phi) is 3.62. The average Bonchev–Trinajstić information content (AvgIpc) is 2.68. The SMILES string of the molecule is CC(C)[C@@H](CC(=O)O)c1c[nH]c2ccc(Cl)cc12. The second-order valence-electron chi connectivity index (χ2n) is 4.88. The van der Waals surface area contributed by atoms with Crippen molar-refractivity contribution in [2.45, 2.75) is 26.2 Å². The van der Waals surface area contributed by atoms with Gasteiger partial charge in [-0.25, -0.2) is 0 Å². The Hall–Kier alpha value is -1.48. The van der Waals surface area contributed by atoms with E-state index < -0.39 is 5.97 Å². The van der Waals surface area contributed by atoms with E-state index in [2.05, 4.69) is 4.98 Å². The summed E-state index contributed by atoms with van der Waals surface area (Å²) < 4.78 is 0. The Bertz CT molecular complexity index is 574. The Morgan fingerprint density at radius 1 is 1.44 bits per heavy atom. The van der Waals surface area contributed by atoms with Gasteiger partial charge in [-0.15, -0.1) is 0 Å². The van der Waals surface area contributed by atoms with E-state index >= 15 is 0 Å². The smallest absolute Gasteiger partial charge is 0.303 e. The molecule has 0 saturated heterocycles. The van der Waals surface area contributed by atoms with Gasteiger partial charge in [-0.1, -0.05) is 25.4 Å². The number of rotatable bonds is 4. The van der Waals surface area contributed by atoms with Crippen LogP contribution in [0.1, 0.15) is 31.7 Å². The van der Waals surface area contributed by atoms with Crippen LogP contribution in [0.4, 0.5) is 0 Å². The van der Waals surface area contributed by atoms with Gasteiger partial charge in [0.25, 0.3) is 0 Å². The van der Waals surface area contributed by atoms with Crippen molar-refractivity contribution in [1.29, 1.82) is 0 Å². The molecule has 2 aromatic rings. The predicted octanol–water partition coefficient (Wildman–Crippen LogP) is 4.04. The number of aromatic nitrogens is 1. The lowest BCUT2D eigenvalue weighted by molar-refractivity contribution is -0.137. The molecule has 0 aliphatic heterocycles. The molecule has 0 amide bonds. The molecule has 1 heterocycles. The number of nitrogens with one attached hydrogen (secondary N) is 1. The Labute approximate surface area is 111 Å². The molecule has 0 radical (unpaired) electrons. The molecule has 0 unspecified atom stereocenters. The van der Waals surface area contributed by atoms with Crippen molar-refractivity contribution in [3.8, 4) is 0 Å². The second-order valence-corrected chi connectivity index (χ2v) is 5.32. The number of fused-ring (bicyclic) bond motifs is 1. The highest BCUT2D eigenvalue weighted by Gasteiger charge is 2.22. The van der Waals surface area contributed by atoms with Crippen LogP contribution in [-0.2, 0) is 4.79 Å². The van der Waals surface area contributed by atoms with Gasteiger partial charge in [0.15, 0.2) is 0 Å². The number of carboxylic acids is 1. The monoisotopic (exact) mass is 265 g/mol. The zero-order valence-electron chi connectivity index (χ0n) is 10.4. The van der Waals surface area contributed by atoms with Gasteiger partial charge in [-0.2, -0.15) is 0 Å². The van der Waals surface area contributed by atoms with Crippen LogP contribution < -0.4 is 0 Å². The average molecular weight is 266 g/mol. The highest BCUT2D eigenvalue weighted by molar-refractivity contribution is 6.31. The molecule has 18 heavy (non-hydrogen) atoms. The van der Waals surface area contributed by atoms with Gasteiger partial charge in [0, 0.05) is 22.1 Å². The number of H-pyrrole nitrogens is 1. The third-order valence-corrected chi connectivity index (χ3v) is 3.51. The predicted molar refractivity (Wildman–Crippen MR) is 73.1 cm³/mol. The summed E-state index contributed by atoms with van der Waals surface area (Å²) in [5.74, 6) is -0.515. The first kappa shape index (κ1) is 13.0. The molecule has 2 N–H and O–H groups in total. The van der Waals surface area contributed by atoms with Crippen LogP contribution in [0.15, 0.2) is 24.4 Å². The first-order chi connectivity index (χ1) is 8.49. The number of aliphatic carboxylic acids is 1. The number of halogens is 1. The molecule has 0 saturated carbocycles. The van der Waals surface area contributed by atoms with Gasteiger partial charge in [-0.3, -0.25) is 4.79 Å². The number of aromatic amines is 1. The molecule has 0 spiro atoms. The Morgan fingerprint density at radius 3 is 2.78 bits per heavy atom. The molecule has 96 valence electrons. The Morgan fingerprint density at radius 2 is 2.17 bits per heavy atom. The van der Waals surface area contributed by atoms with Gasteiger partial charge in [0.05, 0.1) is 6.42 Å². The molecule has 2 rings (SSSR count). The van der Waals surface area contributed by atoms with E-state index in [1.54, 1.807) is 0 Å². The van der Waals surface area contributed by atoms with Gasteiger partial charge in [0.1, 0.15) is 0 Å². The van der Waals surface area contributed by atoms with E-state index in [0.29, 0.717) is 5.02 Å². The number of hydrogen-bond acceptors (Lipinski definition) is 1. The fraction of sp³-hybridized carbons (Fsp3) is 0.357. The van der Waals surface area contributed by atoms with Crippen molar-refractivity contribution in [3.63, 3.8) is 0 Å². The summed E-state index contributed by atoms with van der Waals surface area (Å²) in [5, 5.41) is 10.7. The number of hydrogen-bond donors (Lipinski definition) is 2. The molecule has 3 nitrogen and oxygen atoms in total. The van der Waals surface area contributed by atoms with E-state index in [9.17, 15) is 4.79 Å². The minimum Gasteiger partial charge on any atom is -0.481 e. The third kappa shape index (κ3) is 2.51. The van der Waals surface area contributed by atoms with E-state index in [1.807, 2.05) is 38.2 Å². The van der Waals surface area contributed by atoms with Crippen LogP contribution in [0, 0.1) is 5.92 Å². The van der Waals surface area contributed by atoms with Crippen molar-refractivity contribution in [2.75, 3.05) is 0 Å². The topological polar surface area (TPSA) is 53.1 Å². The van der Waals surface area contributed by atoms with Crippen LogP contribution in [0.2, 0.25) is 5.02 Å². The molecule has 1 atom stereocenters. The van der Waals surface area contributed by atoms with Crippen LogP contribution in [0.3, 0.4) is 0 Å². The minimum absolute atomic E-state index is 0.00489. The largest absolute Gasteiger partial charge is 0.481 e. The lowest BCUT2D eigenvalue weighted by atomic mass is 9.85. The summed E-state index contributed by atoms with van der Waals surface area (Å²) in [5.41, 5.74) is 2.02. The second kappa shape index (κ2) is 5.02. The number of benzene rings is 1. The van der Waals surface area contributed by atoms with Gasteiger partial charge in [-0.05, 0) is 35.6 Å². The lowest BCUT2D eigenvalue weighted by Crippen LogP contribution is -2.11. The van der Waals surface area contributed by atoms with E-state index in [-0.39, 0.29) is 18.3 Å². The van der Waals surface area contributed by atoms with Gasteiger partial charge < -0.3 is 10.1 Å². The zero-order valence-corrected chi connectivity index (χ0v) is 11.2. The molecule has 0 aliphatic carbocycles. The van der Waals surface area contributed by atoms with E-state index in [4.69, 9.17) is 16.7 Å². The molecule has 1 aromatic heterocycles. The first-order valence-corrected chi connectivity index (χ1v) is 6.35. The standard InChI is InChI=1S/C14H16ClNO2/c1-8(2)10(6-14(17)18)12-7-16-13-4-3-9(15)5-11(12)13/h3-5,7-8,10,16H,6H2,1-2H3,(H,17,18)/t10-/m1/s1. The highest BCUT2D eigenvalue weighted by Crippen LogP contribution is 2.34. The number of carbonyl (C=O) groups is 1. The van der Waals surface area contributed by atoms with Crippen molar-refractivity contribution >= 4 is 28.5 Å². The quantitative estimate of drug-likeness (QED) is 0.877. The van der Waals surface area contributed by atoms with Crippen LogP contribution >= 0.6 is 11.6 Å². The van der Waals surface area contributed by atoms with Crippen LogP contribution in [-0.4, -0.2) is 16.1 Å². The minimum atomic E-state index is -0.773. The number of carboxylic acid groups (broad SMARTS) is 1. The fourth-order valence-electron chi connectivity index (χ4n) is 2.31. The zero-order chi connectivity index (χ0) is 13.3.